The van der Waals surface area contributed by atoms with E-state index in [-0.39, 0.29) is 0 Å². The predicted octanol–water partition coefficient (Wildman–Crippen LogP) is 20.8. The van der Waals surface area contributed by atoms with Crippen LogP contribution in [0.3, 0.4) is 0 Å². The van der Waals surface area contributed by atoms with Crippen molar-refractivity contribution in [2.75, 3.05) is 0 Å². The van der Waals surface area contributed by atoms with Gasteiger partial charge in [-0.05, 0) is 133 Å². The molecule has 1 aliphatic rings. The first kappa shape index (κ1) is 58.1. The molecule has 6 heterocycles. The third-order valence-corrected chi connectivity index (χ3v) is 26.0. The average Bonchev–Trinajstić information content (AvgIpc) is 1.17. The maximum atomic E-state index is 5.49. The lowest BCUT2D eigenvalue weighted by Gasteiger charge is -2.34. The molecule has 0 saturated carbocycles. The fourth-order valence-electron chi connectivity index (χ4n) is 16.1. The molecular weight excluding hydrogens is 1240 g/mol. The second kappa shape index (κ2) is 24.1. The highest BCUT2D eigenvalue weighted by atomic mass is 32.1. The lowest BCUT2D eigenvalue weighted by molar-refractivity contribution is 0.945. The molecule has 0 atom stereocenters. The van der Waals surface area contributed by atoms with Crippen LogP contribution in [-0.2, 0) is 12.8 Å². The Balaban J connectivity index is 0.000000146. The Labute approximate surface area is 578 Å². The SMILES string of the molecule is c1cc(-c2cccc(-n3c4cscc4c4c5ccccc5ccc43)n2)cc(-n2c3ccccc3c3ccccc32)c1.c1ccc(-c2cc(-n3c4ccccc4c4c5c(ccc43)CCc3ccccc3-5)cc(-c3cccc([Si](c4ccccc4)(c4ccccc4)c4ccccc4)c3)n2)cc1. The lowest BCUT2D eigenvalue weighted by Crippen LogP contribution is -2.74. The van der Waals surface area contributed by atoms with Crippen molar-refractivity contribution >= 4 is 116 Å². The number of nitrogens with zero attached hydrogens (tertiary/aromatic N) is 5. The normalized spacial score (nSPS) is 12.2. The first-order valence-electron chi connectivity index (χ1n) is 34.1. The molecule has 99 heavy (non-hydrogen) atoms. The summed E-state index contributed by atoms with van der Waals surface area (Å²) >= 11 is 1.74. The summed E-state index contributed by atoms with van der Waals surface area (Å²) in [5.74, 6) is 0.929. The van der Waals surface area contributed by atoms with Crippen LogP contribution in [-0.4, -0.2) is 31.7 Å². The standard InChI is InChI=1S/C55H40N2Si.C37H23N3S/c1-5-19-40(20-6-1)50-37-43(57-52-31-16-15-30-49(52)55-53(57)35-34-41-33-32-39-18-13-14-29-48(39)54(41)55)38-51(56-50)42-21-17-28-47(36-42)58(44-22-7-2-8-23-44,45-24-9-3-10-25-45)46-26-11-4-12-27-46;1-2-12-27-24(9-1)19-20-34-37(27)30-22-41-23-35(30)40(34)36-18-8-15-31(38-36)25-10-7-11-26(21-25)39-32-16-5-3-13-28(32)29-14-4-6-17-33(29)39/h1-31,34-38H,32-33H2;1-23H. The minimum absolute atomic E-state index is 0.929. The summed E-state index contributed by atoms with van der Waals surface area (Å²) in [5.41, 5.74) is 21.2. The zero-order valence-electron chi connectivity index (χ0n) is 54.1. The number of hydrogen-bond donors (Lipinski definition) is 0. The third-order valence-electron chi connectivity index (χ3n) is 20.5. The van der Waals surface area contributed by atoms with E-state index < -0.39 is 8.07 Å². The smallest absolute Gasteiger partial charge is 0.179 e. The van der Waals surface area contributed by atoms with Crippen LogP contribution in [0.1, 0.15) is 11.1 Å². The van der Waals surface area contributed by atoms with E-state index in [9.17, 15) is 0 Å². The summed E-state index contributed by atoms with van der Waals surface area (Å²) in [4.78, 5) is 10.7. The largest absolute Gasteiger partial charge is 0.309 e. The number of thiophene rings is 1. The molecule has 1 aliphatic carbocycles. The molecule has 0 spiro atoms. The molecule has 0 fully saturated rings. The summed E-state index contributed by atoms with van der Waals surface area (Å²) in [5, 5.41) is 20.1. The van der Waals surface area contributed by atoms with Gasteiger partial charge in [0.25, 0.3) is 0 Å². The molecule has 5 nitrogen and oxygen atoms in total. The van der Waals surface area contributed by atoms with Crippen molar-refractivity contribution in [3.63, 3.8) is 0 Å². The first-order valence-corrected chi connectivity index (χ1v) is 37.0. The van der Waals surface area contributed by atoms with E-state index in [0.717, 1.165) is 63.8 Å². The Morgan fingerprint density at radius 3 is 1.51 bits per heavy atom. The molecule has 0 amide bonds. The average molecular weight is 1300 g/mol. The second-order valence-corrected chi connectivity index (χ2v) is 30.4. The number of benzene rings is 13. The van der Waals surface area contributed by atoms with E-state index >= 15 is 0 Å². The van der Waals surface area contributed by atoms with Gasteiger partial charge in [0, 0.05) is 65.5 Å². The summed E-state index contributed by atoms with van der Waals surface area (Å²) in [6.45, 7) is 0. The number of fused-ring (bicyclic) bond motifs is 15. The Morgan fingerprint density at radius 2 is 0.798 bits per heavy atom. The van der Waals surface area contributed by atoms with E-state index in [1.165, 1.54) is 119 Å². The van der Waals surface area contributed by atoms with Crippen molar-refractivity contribution in [1.29, 1.82) is 0 Å². The van der Waals surface area contributed by atoms with Crippen molar-refractivity contribution in [1.82, 2.24) is 23.7 Å². The van der Waals surface area contributed by atoms with Crippen LogP contribution in [0.4, 0.5) is 0 Å². The minimum atomic E-state index is -2.76. The van der Waals surface area contributed by atoms with Gasteiger partial charge in [0.05, 0.1) is 55.9 Å². The van der Waals surface area contributed by atoms with Crippen LogP contribution in [0.25, 0.3) is 138 Å². The third kappa shape index (κ3) is 9.64. The number of rotatable bonds is 10. The maximum absolute atomic E-state index is 5.49. The second-order valence-electron chi connectivity index (χ2n) is 25.9. The van der Waals surface area contributed by atoms with Crippen molar-refractivity contribution < 1.29 is 0 Å². The van der Waals surface area contributed by atoms with Gasteiger partial charge < -0.3 is 9.13 Å². The van der Waals surface area contributed by atoms with Crippen molar-refractivity contribution in [3.05, 3.63) is 368 Å². The van der Waals surface area contributed by atoms with Gasteiger partial charge in [-0.15, -0.1) is 11.3 Å². The molecule has 0 aliphatic heterocycles. The van der Waals surface area contributed by atoms with Gasteiger partial charge in [0.1, 0.15) is 5.82 Å². The molecule has 13 aromatic carbocycles. The fourth-order valence-corrected chi connectivity index (χ4v) is 21.7. The molecule has 6 aromatic heterocycles. The topological polar surface area (TPSA) is 40.6 Å². The number of para-hydroxylation sites is 3. The molecule has 0 bridgehead atoms. The highest BCUT2D eigenvalue weighted by Crippen LogP contribution is 2.45. The van der Waals surface area contributed by atoms with Crippen molar-refractivity contribution in [2.45, 2.75) is 12.8 Å². The Bertz CT molecular complexity index is 6150. The van der Waals surface area contributed by atoms with Crippen molar-refractivity contribution in [3.8, 4) is 62.1 Å². The number of aryl methyl sites for hydroxylation is 2. The van der Waals surface area contributed by atoms with Gasteiger partial charge in [-0.25, -0.2) is 9.97 Å². The monoisotopic (exact) mass is 1300 g/mol. The van der Waals surface area contributed by atoms with Gasteiger partial charge in [-0.1, -0.05) is 279 Å². The van der Waals surface area contributed by atoms with Gasteiger partial charge in [0.2, 0.25) is 0 Å². The van der Waals surface area contributed by atoms with E-state index in [4.69, 9.17) is 9.97 Å². The molecule has 0 unspecified atom stereocenters. The van der Waals surface area contributed by atoms with Crippen molar-refractivity contribution in [2.24, 2.45) is 0 Å². The number of pyridine rings is 2. The summed E-state index contributed by atoms with van der Waals surface area (Å²) < 4.78 is 7.14. The van der Waals surface area contributed by atoms with Gasteiger partial charge in [-0.2, -0.15) is 0 Å². The minimum Gasteiger partial charge on any atom is -0.309 e. The Morgan fingerprint density at radius 1 is 0.283 bits per heavy atom. The number of aromatic nitrogens is 5. The van der Waals surface area contributed by atoms with Crippen LogP contribution in [0.5, 0.6) is 0 Å². The van der Waals surface area contributed by atoms with E-state index in [1.807, 2.05) is 0 Å². The predicted molar refractivity (Wildman–Crippen MR) is 420 cm³/mol. The van der Waals surface area contributed by atoms with Crippen LogP contribution in [0.2, 0.25) is 0 Å². The van der Waals surface area contributed by atoms with Crippen LogP contribution < -0.4 is 20.7 Å². The quantitative estimate of drug-likeness (QED) is 0.101. The maximum Gasteiger partial charge on any atom is 0.179 e. The molecule has 466 valence electrons. The zero-order valence-corrected chi connectivity index (χ0v) is 55.9. The molecule has 0 radical (unpaired) electrons. The Hall–Kier alpha value is -12.3. The summed E-state index contributed by atoms with van der Waals surface area (Å²) in [6.07, 6.45) is 2.12. The number of hydrogen-bond acceptors (Lipinski definition) is 3. The summed E-state index contributed by atoms with van der Waals surface area (Å²) in [7, 11) is -2.76. The highest BCUT2D eigenvalue weighted by Gasteiger charge is 2.41. The molecule has 20 rings (SSSR count). The van der Waals surface area contributed by atoms with Crippen LogP contribution in [0.15, 0.2) is 357 Å². The Kier molecular flexibility index (Phi) is 14.2. The van der Waals surface area contributed by atoms with Gasteiger partial charge in [0.15, 0.2) is 8.07 Å². The van der Waals surface area contributed by atoms with E-state index in [1.54, 1.807) is 11.3 Å². The highest BCUT2D eigenvalue weighted by molar-refractivity contribution is 7.20. The molecule has 7 heteroatoms. The fraction of sp³-hybridized carbons (Fsp3) is 0.0217. The van der Waals surface area contributed by atoms with Gasteiger partial charge in [-0.3, -0.25) is 4.57 Å². The molecule has 0 saturated heterocycles. The lowest BCUT2D eigenvalue weighted by atomic mass is 9.83. The van der Waals surface area contributed by atoms with Crippen LogP contribution >= 0.6 is 11.3 Å². The molecule has 19 aromatic rings. The van der Waals surface area contributed by atoms with Gasteiger partial charge >= 0.3 is 0 Å². The molecule has 0 N–H and O–H groups in total. The zero-order chi connectivity index (χ0) is 65.4. The van der Waals surface area contributed by atoms with E-state index in [0.29, 0.717) is 0 Å². The van der Waals surface area contributed by atoms with Crippen LogP contribution in [0, 0.1) is 0 Å². The first-order chi connectivity index (χ1) is 49.1. The summed E-state index contributed by atoms with van der Waals surface area (Å²) in [6, 6.07) is 126. The van der Waals surface area contributed by atoms with E-state index in [2.05, 4.69) is 370 Å². The molecular formula is C92H63N5SSi.